The van der Waals surface area contributed by atoms with Crippen LogP contribution < -0.4 is 11.1 Å². The van der Waals surface area contributed by atoms with Crippen molar-refractivity contribution in [2.45, 2.75) is 13.1 Å². The highest BCUT2D eigenvalue weighted by atomic mass is 19.4. The van der Waals surface area contributed by atoms with Crippen LogP contribution in [0.2, 0.25) is 0 Å². The lowest BCUT2D eigenvalue weighted by Gasteiger charge is -2.19. The molecule has 0 radical (unpaired) electrons. The Balaban J connectivity index is 2.56. The van der Waals surface area contributed by atoms with Crippen LogP contribution in [-0.4, -0.2) is 19.3 Å². The number of anilines is 1. The van der Waals surface area contributed by atoms with E-state index in [0.29, 0.717) is 5.69 Å². The Labute approximate surface area is 92.6 Å². The molecule has 1 aromatic carbocycles. The van der Waals surface area contributed by atoms with Gasteiger partial charge in [-0.2, -0.15) is 13.2 Å². The summed E-state index contributed by atoms with van der Waals surface area (Å²) in [6.07, 6.45) is -4.24. The van der Waals surface area contributed by atoms with Gasteiger partial charge in [0.05, 0.1) is 5.92 Å². The maximum Gasteiger partial charge on any atom is 0.394 e. The predicted molar refractivity (Wildman–Crippen MR) is 58.3 cm³/mol. The Bertz CT molecular complexity index is 336. The topological polar surface area (TPSA) is 38.0 Å². The highest BCUT2D eigenvalue weighted by Gasteiger charge is 2.38. The number of hydrogen-bond donors (Lipinski definition) is 2. The van der Waals surface area contributed by atoms with Crippen LogP contribution in [0.4, 0.5) is 18.9 Å². The average molecular weight is 232 g/mol. The summed E-state index contributed by atoms with van der Waals surface area (Å²) in [5.74, 6) is -1.51. The van der Waals surface area contributed by atoms with Crippen LogP contribution in [-0.2, 0) is 0 Å². The molecule has 0 fully saturated rings. The summed E-state index contributed by atoms with van der Waals surface area (Å²) in [6.45, 7) is 1.29. The van der Waals surface area contributed by atoms with E-state index in [4.69, 9.17) is 5.73 Å². The van der Waals surface area contributed by atoms with E-state index < -0.39 is 18.6 Å². The van der Waals surface area contributed by atoms with E-state index in [9.17, 15) is 13.2 Å². The smallest absolute Gasteiger partial charge is 0.384 e. The van der Waals surface area contributed by atoms with Crippen LogP contribution in [0, 0.1) is 12.8 Å². The molecule has 1 aromatic rings. The van der Waals surface area contributed by atoms with Crippen molar-refractivity contribution in [2.24, 2.45) is 11.7 Å². The monoisotopic (exact) mass is 232 g/mol. The molecule has 0 heterocycles. The second kappa shape index (κ2) is 5.21. The maximum absolute atomic E-state index is 12.4. The minimum Gasteiger partial charge on any atom is -0.384 e. The van der Waals surface area contributed by atoms with Gasteiger partial charge in [-0.25, -0.2) is 0 Å². The summed E-state index contributed by atoms with van der Waals surface area (Å²) in [7, 11) is 0. The van der Waals surface area contributed by atoms with Crippen molar-refractivity contribution in [3.63, 3.8) is 0 Å². The van der Waals surface area contributed by atoms with Crippen molar-refractivity contribution in [3.8, 4) is 0 Å². The Morgan fingerprint density at radius 1 is 1.38 bits per heavy atom. The zero-order valence-corrected chi connectivity index (χ0v) is 9.01. The number of rotatable bonds is 4. The molecule has 1 atom stereocenters. The van der Waals surface area contributed by atoms with Crippen molar-refractivity contribution in [3.05, 3.63) is 29.8 Å². The van der Waals surface area contributed by atoms with E-state index in [1.54, 1.807) is 18.2 Å². The molecular weight excluding hydrogens is 217 g/mol. The van der Waals surface area contributed by atoms with E-state index in [1.165, 1.54) is 0 Å². The second-order valence-corrected chi connectivity index (χ2v) is 3.72. The fourth-order valence-corrected chi connectivity index (χ4v) is 1.33. The number of nitrogens with one attached hydrogen (secondary N) is 1. The summed E-state index contributed by atoms with van der Waals surface area (Å²) in [6, 6.07) is 7.21. The number of nitrogens with two attached hydrogens (primary N) is 1. The molecule has 0 saturated heterocycles. The first-order chi connectivity index (χ1) is 7.43. The first-order valence-electron chi connectivity index (χ1n) is 5.01. The SMILES string of the molecule is Cc1cccc(NCC(CN)C(F)(F)F)c1. The Hall–Kier alpha value is -1.23. The average Bonchev–Trinajstić information content (AvgIpc) is 2.16. The lowest BCUT2D eigenvalue weighted by Crippen LogP contribution is -2.35. The molecule has 0 amide bonds. The number of aryl methyl sites for hydroxylation is 1. The second-order valence-electron chi connectivity index (χ2n) is 3.72. The van der Waals surface area contributed by atoms with E-state index >= 15 is 0 Å². The van der Waals surface area contributed by atoms with Gasteiger partial charge in [0, 0.05) is 18.8 Å². The largest absolute Gasteiger partial charge is 0.394 e. The predicted octanol–water partition coefficient (Wildman–Crippen LogP) is 2.54. The van der Waals surface area contributed by atoms with E-state index in [1.807, 2.05) is 13.0 Å². The zero-order chi connectivity index (χ0) is 12.2. The number of hydrogen-bond acceptors (Lipinski definition) is 2. The molecular formula is C11H15F3N2. The molecule has 1 unspecified atom stereocenters. The van der Waals surface area contributed by atoms with Crippen molar-refractivity contribution >= 4 is 5.69 Å². The van der Waals surface area contributed by atoms with Crippen LogP contribution in [0.25, 0.3) is 0 Å². The third-order valence-corrected chi connectivity index (χ3v) is 2.32. The molecule has 0 aliphatic rings. The summed E-state index contributed by atoms with van der Waals surface area (Å²) in [5.41, 5.74) is 6.78. The highest BCUT2D eigenvalue weighted by molar-refractivity contribution is 5.45. The molecule has 0 aliphatic carbocycles. The summed E-state index contributed by atoms with van der Waals surface area (Å²) < 4.78 is 37.1. The standard InChI is InChI=1S/C11H15F3N2/c1-8-3-2-4-10(5-8)16-7-9(6-15)11(12,13)14/h2-5,9,16H,6-7,15H2,1H3. The molecule has 1 rings (SSSR count). The number of benzene rings is 1. The lowest BCUT2D eigenvalue weighted by molar-refractivity contribution is -0.167. The van der Waals surface area contributed by atoms with Gasteiger partial charge in [0.15, 0.2) is 0 Å². The van der Waals surface area contributed by atoms with Gasteiger partial charge >= 0.3 is 6.18 Å². The fraction of sp³-hybridized carbons (Fsp3) is 0.455. The normalized spacial score (nSPS) is 13.6. The van der Waals surface area contributed by atoms with Gasteiger partial charge < -0.3 is 11.1 Å². The van der Waals surface area contributed by atoms with Gasteiger partial charge in [-0.1, -0.05) is 12.1 Å². The maximum atomic E-state index is 12.4. The lowest BCUT2D eigenvalue weighted by atomic mass is 10.1. The van der Waals surface area contributed by atoms with Crippen molar-refractivity contribution in [1.82, 2.24) is 0 Å². The van der Waals surface area contributed by atoms with Gasteiger partial charge in [0.2, 0.25) is 0 Å². The van der Waals surface area contributed by atoms with Crippen LogP contribution in [0.3, 0.4) is 0 Å². The number of alkyl halides is 3. The first-order valence-corrected chi connectivity index (χ1v) is 5.01. The van der Waals surface area contributed by atoms with Gasteiger partial charge in [0.25, 0.3) is 0 Å². The Kier molecular flexibility index (Phi) is 4.18. The molecule has 16 heavy (non-hydrogen) atoms. The molecule has 0 saturated carbocycles. The summed E-state index contributed by atoms with van der Waals surface area (Å²) >= 11 is 0. The van der Waals surface area contributed by atoms with Crippen LogP contribution in [0.5, 0.6) is 0 Å². The van der Waals surface area contributed by atoms with Crippen LogP contribution >= 0.6 is 0 Å². The van der Waals surface area contributed by atoms with Gasteiger partial charge in [-0.05, 0) is 24.6 Å². The molecule has 90 valence electrons. The molecule has 3 N–H and O–H groups in total. The van der Waals surface area contributed by atoms with Gasteiger partial charge in [-0.15, -0.1) is 0 Å². The van der Waals surface area contributed by atoms with Crippen LogP contribution in [0.1, 0.15) is 5.56 Å². The highest BCUT2D eigenvalue weighted by Crippen LogP contribution is 2.25. The van der Waals surface area contributed by atoms with E-state index in [0.717, 1.165) is 5.56 Å². The van der Waals surface area contributed by atoms with Crippen molar-refractivity contribution < 1.29 is 13.2 Å². The molecule has 0 aromatic heterocycles. The van der Waals surface area contributed by atoms with Crippen LogP contribution in [0.15, 0.2) is 24.3 Å². The fourth-order valence-electron chi connectivity index (χ4n) is 1.33. The zero-order valence-electron chi connectivity index (χ0n) is 9.01. The quantitative estimate of drug-likeness (QED) is 0.837. The molecule has 0 aliphatic heterocycles. The van der Waals surface area contributed by atoms with Gasteiger partial charge in [0.1, 0.15) is 0 Å². The molecule has 0 spiro atoms. The van der Waals surface area contributed by atoms with E-state index in [-0.39, 0.29) is 6.54 Å². The first kappa shape index (κ1) is 12.8. The third kappa shape index (κ3) is 3.73. The Morgan fingerprint density at radius 2 is 2.06 bits per heavy atom. The van der Waals surface area contributed by atoms with E-state index in [2.05, 4.69) is 5.32 Å². The summed E-state index contributed by atoms with van der Waals surface area (Å²) in [5, 5.41) is 2.74. The minimum absolute atomic E-state index is 0.191. The molecule has 5 heteroatoms. The minimum atomic E-state index is -4.24. The third-order valence-electron chi connectivity index (χ3n) is 2.32. The summed E-state index contributed by atoms with van der Waals surface area (Å²) in [4.78, 5) is 0. The molecule has 2 nitrogen and oxygen atoms in total. The Morgan fingerprint density at radius 3 is 2.56 bits per heavy atom. The molecule has 0 bridgehead atoms. The van der Waals surface area contributed by atoms with Crippen molar-refractivity contribution in [2.75, 3.05) is 18.4 Å². The number of halogens is 3. The van der Waals surface area contributed by atoms with Gasteiger partial charge in [-0.3, -0.25) is 0 Å². The van der Waals surface area contributed by atoms with Crippen molar-refractivity contribution in [1.29, 1.82) is 0 Å².